The van der Waals surface area contributed by atoms with Crippen molar-refractivity contribution < 1.29 is 9.59 Å². The molecule has 0 aliphatic rings. The molecule has 0 aliphatic carbocycles. The summed E-state index contributed by atoms with van der Waals surface area (Å²) in [6.07, 6.45) is 1.88. The van der Waals surface area contributed by atoms with Crippen LogP contribution >= 0.6 is 0 Å². The van der Waals surface area contributed by atoms with E-state index >= 15 is 0 Å². The van der Waals surface area contributed by atoms with Gasteiger partial charge in [-0.15, -0.1) is 0 Å². The Morgan fingerprint density at radius 1 is 1.18 bits per heavy atom. The van der Waals surface area contributed by atoms with Gasteiger partial charge < -0.3 is 16.4 Å². The molecule has 0 aromatic heterocycles. The highest BCUT2D eigenvalue weighted by Crippen LogP contribution is 2.02. The van der Waals surface area contributed by atoms with E-state index in [9.17, 15) is 9.59 Å². The van der Waals surface area contributed by atoms with Crippen LogP contribution in [0.25, 0.3) is 0 Å². The largest absolute Gasteiger partial charge is 0.356 e. The van der Waals surface area contributed by atoms with Gasteiger partial charge in [-0.2, -0.15) is 0 Å². The fourth-order valence-corrected chi connectivity index (χ4v) is 1.40. The summed E-state index contributed by atoms with van der Waals surface area (Å²) in [6.45, 7) is 7.06. The Hall–Kier alpha value is -1.10. The Labute approximate surface area is 104 Å². The first-order valence-electron chi connectivity index (χ1n) is 6.27. The fourth-order valence-electron chi connectivity index (χ4n) is 1.40. The summed E-state index contributed by atoms with van der Waals surface area (Å²) >= 11 is 0. The Bertz CT molecular complexity index is 242. The molecule has 0 aromatic rings. The van der Waals surface area contributed by atoms with E-state index in [1.807, 2.05) is 20.8 Å². The second kappa shape index (κ2) is 8.98. The zero-order valence-corrected chi connectivity index (χ0v) is 11.1. The minimum absolute atomic E-state index is 0.0374. The highest BCUT2D eigenvalue weighted by molar-refractivity contribution is 5.82. The highest BCUT2D eigenvalue weighted by atomic mass is 16.2. The van der Waals surface area contributed by atoms with Gasteiger partial charge in [-0.3, -0.25) is 9.59 Å². The van der Waals surface area contributed by atoms with Gasteiger partial charge in [-0.1, -0.05) is 20.8 Å². The minimum Gasteiger partial charge on any atom is -0.356 e. The van der Waals surface area contributed by atoms with E-state index in [1.165, 1.54) is 0 Å². The maximum absolute atomic E-state index is 11.5. The molecule has 5 heteroatoms. The number of amides is 2. The quantitative estimate of drug-likeness (QED) is 0.576. The number of rotatable bonds is 8. The Morgan fingerprint density at radius 2 is 1.82 bits per heavy atom. The normalized spacial score (nSPS) is 12.3. The molecule has 0 heterocycles. The van der Waals surface area contributed by atoms with Crippen molar-refractivity contribution in [3.05, 3.63) is 0 Å². The summed E-state index contributed by atoms with van der Waals surface area (Å²) in [5.74, 6) is 0.176. The van der Waals surface area contributed by atoms with Gasteiger partial charge >= 0.3 is 0 Å². The molecule has 2 amide bonds. The van der Waals surface area contributed by atoms with Gasteiger partial charge in [0.05, 0.1) is 6.04 Å². The van der Waals surface area contributed by atoms with Gasteiger partial charge in [0.25, 0.3) is 0 Å². The monoisotopic (exact) mass is 243 g/mol. The SMILES string of the molecule is CCCNC(=O)CCNC(=O)[C@H](N)CC(C)C. The third-order valence-electron chi connectivity index (χ3n) is 2.29. The lowest BCUT2D eigenvalue weighted by atomic mass is 10.0. The fraction of sp³-hybridized carbons (Fsp3) is 0.833. The molecule has 0 aliphatic heterocycles. The predicted octanol–water partition coefficient (Wildman–Crippen LogP) is 0.392. The van der Waals surface area contributed by atoms with Crippen LogP contribution in [0.5, 0.6) is 0 Å². The summed E-state index contributed by atoms with van der Waals surface area (Å²) in [7, 11) is 0. The molecule has 17 heavy (non-hydrogen) atoms. The Balaban J connectivity index is 3.66. The highest BCUT2D eigenvalue weighted by Gasteiger charge is 2.14. The van der Waals surface area contributed by atoms with Crippen LogP contribution in [0, 0.1) is 5.92 Å². The lowest BCUT2D eigenvalue weighted by molar-refractivity contribution is -0.123. The summed E-state index contributed by atoms with van der Waals surface area (Å²) < 4.78 is 0. The van der Waals surface area contributed by atoms with Crippen LogP contribution < -0.4 is 16.4 Å². The topological polar surface area (TPSA) is 84.2 Å². The number of hydrogen-bond donors (Lipinski definition) is 3. The van der Waals surface area contributed by atoms with Crippen LogP contribution in [-0.2, 0) is 9.59 Å². The van der Waals surface area contributed by atoms with Gasteiger partial charge in [0.1, 0.15) is 0 Å². The zero-order valence-electron chi connectivity index (χ0n) is 11.1. The Morgan fingerprint density at radius 3 is 2.35 bits per heavy atom. The molecule has 0 rings (SSSR count). The average molecular weight is 243 g/mol. The molecule has 0 aromatic carbocycles. The smallest absolute Gasteiger partial charge is 0.236 e. The third-order valence-corrected chi connectivity index (χ3v) is 2.29. The van der Waals surface area contributed by atoms with Crippen LogP contribution in [-0.4, -0.2) is 30.9 Å². The van der Waals surface area contributed by atoms with Crippen molar-refractivity contribution in [2.45, 2.75) is 46.1 Å². The number of hydrogen-bond acceptors (Lipinski definition) is 3. The first-order valence-corrected chi connectivity index (χ1v) is 6.27. The second-order valence-corrected chi connectivity index (χ2v) is 4.63. The predicted molar refractivity (Wildman–Crippen MR) is 68.4 cm³/mol. The number of carbonyl (C=O) groups excluding carboxylic acids is 2. The van der Waals surface area contributed by atoms with Gasteiger partial charge in [0.2, 0.25) is 11.8 Å². The van der Waals surface area contributed by atoms with Crippen LogP contribution in [0.15, 0.2) is 0 Å². The van der Waals surface area contributed by atoms with Crippen LogP contribution in [0.1, 0.15) is 40.0 Å². The zero-order chi connectivity index (χ0) is 13.3. The van der Waals surface area contributed by atoms with Crippen LogP contribution in [0.4, 0.5) is 0 Å². The summed E-state index contributed by atoms with van der Waals surface area (Å²) in [5, 5.41) is 5.42. The molecule has 0 unspecified atom stereocenters. The van der Waals surface area contributed by atoms with Crippen molar-refractivity contribution in [2.75, 3.05) is 13.1 Å². The molecular weight excluding hydrogens is 218 g/mol. The van der Waals surface area contributed by atoms with E-state index in [0.717, 1.165) is 6.42 Å². The van der Waals surface area contributed by atoms with Crippen molar-refractivity contribution >= 4 is 11.8 Å². The molecule has 5 nitrogen and oxygen atoms in total. The standard InChI is InChI=1S/C12H25N3O2/c1-4-6-14-11(16)5-7-15-12(17)10(13)8-9(2)3/h9-10H,4-8,13H2,1-3H3,(H,14,16)(H,15,17)/t10-/m1/s1. The molecule has 0 saturated heterocycles. The second-order valence-electron chi connectivity index (χ2n) is 4.63. The molecular formula is C12H25N3O2. The van der Waals surface area contributed by atoms with Gasteiger partial charge in [-0.05, 0) is 18.8 Å². The van der Waals surface area contributed by atoms with E-state index in [0.29, 0.717) is 31.8 Å². The van der Waals surface area contributed by atoms with Crippen molar-refractivity contribution in [3.8, 4) is 0 Å². The van der Waals surface area contributed by atoms with Gasteiger partial charge in [-0.25, -0.2) is 0 Å². The van der Waals surface area contributed by atoms with E-state index in [1.54, 1.807) is 0 Å². The lowest BCUT2D eigenvalue weighted by Crippen LogP contribution is -2.42. The van der Waals surface area contributed by atoms with Crippen molar-refractivity contribution in [1.29, 1.82) is 0 Å². The van der Waals surface area contributed by atoms with Crippen molar-refractivity contribution in [2.24, 2.45) is 11.7 Å². The van der Waals surface area contributed by atoms with Crippen LogP contribution in [0.2, 0.25) is 0 Å². The number of carbonyl (C=O) groups is 2. The van der Waals surface area contributed by atoms with E-state index in [-0.39, 0.29) is 11.8 Å². The maximum Gasteiger partial charge on any atom is 0.236 e. The molecule has 0 saturated carbocycles. The Kier molecular flexibility index (Phi) is 8.40. The number of nitrogens with two attached hydrogens (primary N) is 1. The summed E-state index contributed by atoms with van der Waals surface area (Å²) in [4.78, 5) is 22.7. The molecule has 4 N–H and O–H groups in total. The van der Waals surface area contributed by atoms with E-state index < -0.39 is 6.04 Å². The first kappa shape index (κ1) is 15.9. The molecule has 0 spiro atoms. The number of nitrogens with one attached hydrogen (secondary N) is 2. The van der Waals surface area contributed by atoms with Crippen molar-refractivity contribution in [3.63, 3.8) is 0 Å². The molecule has 0 radical (unpaired) electrons. The molecule has 1 atom stereocenters. The van der Waals surface area contributed by atoms with Gasteiger partial charge in [0.15, 0.2) is 0 Å². The average Bonchev–Trinajstić information content (AvgIpc) is 2.25. The molecule has 0 fully saturated rings. The first-order chi connectivity index (χ1) is 7.97. The van der Waals surface area contributed by atoms with Crippen molar-refractivity contribution in [1.82, 2.24) is 10.6 Å². The lowest BCUT2D eigenvalue weighted by Gasteiger charge is -2.13. The van der Waals surface area contributed by atoms with E-state index in [4.69, 9.17) is 5.73 Å². The van der Waals surface area contributed by atoms with Gasteiger partial charge in [0, 0.05) is 19.5 Å². The summed E-state index contributed by atoms with van der Waals surface area (Å²) in [5.41, 5.74) is 5.70. The van der Waals surface area contributed by atoms with Crippen LogP contribution in [0.3, 0.4) is 0 Å². The van der Waals surface area contributed by atoms with E-state index in [2.05, 4.69) is 10.6 Å². The minimum atomic E-state index is -0.478. The summed E-state index contributed by atoms with van der Waals surface area (Å²) in [6, 6.07) is -0.478. The third kappa shape index (κ3) is 8.68. The maximum atomic E-state index is 11.5. The molecule has 100 valence electrons. The molecule has 0 bridgehead atoms.